The van der Waals surface area contributed by atoms with Crippen LogP contribution in [-0.2, 0) is 0 Å². The Morgan fingerprint density at radius 1 is 1.20 bits per heavy atom. The van der Waals surface area contributed by atoms with Gasteiger partial charge in [-0.2, -0.15) is 0 Å². The Morgan fingerprint density at radius 2 is 1.70 bits per heavy atom. The lowest BCUT2D eigenvalue weighted by molar-refractivity contribution is 1.57. The summed E-state index contributed by atoms with van der Waals surface area (Å²) in [4.78, 5) is 0. The van der Waals surface area contributed by atoms with Crippen molar-refractivity contribution in [1.29, 1.82) is 0 Å². The zero-order valence-corrected chi connectivity index (χ0v) is 6.09. The molecule has 0 aromatic carbocycles. The van der Waals surface area contributed by atoms with Crippen molar-refractivity contribution in [2.45, 2.75) is 18.8 Å². The van der Waals surface area contributed by atoms with E-state index in [0.29, 0.717) is 18.8 Å². The average Bonchev–Trinajstić information content (AvgIpc) is 2.00. The highest BCUT2D eigenvalue weighted by Gasteiger charge is 2.09. The Bertz CT molecular complexity index is 107. The van der Waals surface area contributed by atoms with Gasteiger partial charge in [-0.15, -0.1) is 23.9 Å². The zero-order chi connectivity index (χ0) is 7.98. The van der Waals surface area contributed by atoms with Crippen LogP contribution in [0.15, 0.2) is 11.4 Å². The van der Waals surface area contributed by atoms with Gasteiger partial charge < -0.3 is 0 Å². The van der Waals surface area contributed by atoms with E-state index in [2.05, 4.69) is 0 Å². The fraction of sp³-hybridized carbons (Fsp3) is 0.600. The minimum Gasteiger partial charge on any atom is -0.142 e. The van der Waals surface area contributed by atoms with Gasteiger partial charge in [-0.05, 0) is 0 Å². The highest BCUT2D eigenvalue weighted by molar-refractivity contribution is 6.77. The highest BCUT2D eigenvalue weighted by Crippen LogP contribution is 2.09. The van der Waals surface area contributed by atoms with E-state index in [-0.39, 0.29) is 6.71 Å². The van der Waals surface area contributed by atoms with Gasteiger partial charge in [0.2, 0.25) is 0 Å². The van der Waals surface area contributed by atoms with E-state index in [9.17, 15) is 0 Å². The predicted molar refractivity (Wildman–Crippen MR) is 51.3 cm³/mol. The maximum atomic E-state index is 5.40. The Balaban J connectivity index is 3.97. The summed E-state index contributed by atoms with van der Waals surface area (Å²) in [6.45, 7) is 0.148. The minimum absolute atomic E-state index is 0.148. The Labute approximate surface area is 68.9 Å². The Hall–Kier alpha value is 0.0647. The van der Waals surface area contributed by atoms with Crippen molar-refractivity contribution in [3.63, 3.8) is 0 Å². The van der Waals surface area contributed by atoms with Gasteiger partial charge in [-0.3, -0.25) is 0 Å². The summed E-state index contributed by atoms with van der Waals surface area (Å²) in [6.07, 6.45) is 1.46. The molecule has 8 radical (unpaired) electrons. The number of rotatable bonds is 4. The molecule has 42 valence electrons. The summed E-state index contributed by atoms with van der Waals surface area (Å²) in [5.41, 5.74) is 0.935. The lowest BCUT2D eigenvalue weighted by Crippen LogP contribution is -2.16. The van der Waals surface area contributed by atoms with Crippen molar-refractivity contribution in [2.75, 3.05) is 0 Å². The largest absolute Gasteiger partial charge is 0.151 e. The van der Waals surface area contributed by atoms with Crippen LogP contribution in [0.1, 0.15) is 0 Å². The molecule has 0 spiro atoms. The topological polar surface area (TPSA) is 0 Å². The molecule has 0 N–H and O–H groups in total. The molecule has 0 aromatic rings. The van der Waals surface area contributed by atoms with Crippen LogP contribution in [0.25, 0.3) is 0 Å². The molecule has 0 heterocycles. The van der Waals surface area contributed by atoms with Crippen LogP contribution in [-0.4, -0.2) is 38.1 Å². The normalized spacial score (nSPS) is 11.4. The molecule has 0 bridgehead atoms. The first-order chi connectivity index (χ1) is 4.79. The smallest absolute Gasteiger partial charge is 0.142 e. The third-order valence-electron chi connectivity index (χ3n) is 1.54. The van der Waals surface area contributed by atoms with E-state index in [1.54, 1.807) is 0 Å². The van der Waals surface area contributed by atoms with E-state index in [1.165, 1.54) is 5.98 Å². The first kappa shape index (κ1) is 10.1. The molecule has 0 rings (SSSR count). The van der Waals surface area contributed by atoms with Gasteiger partial charge in [0.1, 0.15) is 7.85 Å². The van der Waals surface area contributed by atoms with Gasteiger partial charge in [0.25, 0.3) is 0 Å². The molecule has 5 heteroatoms. The van der Waals surface area contributed by atoms with Crippen LogP contribution in [0.3, 0.4) is 0 Å². The monoisotopic (exact) mass is 122 g/mol. The minimum atomic E-state index is 0.148. The molecule has 0 aliphatic heterocycles. The van der Waals surface area contributed by atoms with Gasteiger partial charge >= 0.3 is 0 Å². The maximum Gasteiger partial charge on any atom is 0.151 e. The first-order valence-electron chi connectivity index (χ1n) is 3.31. The highest BCUT2D eigenvalue weighted by atomic mass is 13.8. The molecule has 0 aliphatic carbocycles. The molecule has 0 saturated heterocycles. The van der Waals surface area contributed by atoms with Crippen molar-refractivity contribution < 1.29 is 0 Å². The van der Waals surface area contributed by atoms with Crippen molar-refractivity contribution in [1.82, 2.24) is 0 Å². The average molecular weight is 121 g/mol. The molecule has 0 fully saturated rings. The molecular weight excluding hydrogens is 114 g/mol. The van der Waals surface area contributed by atoms with Crippen molar-refractivity contribution in [2.24, 2.45) is 0 Å². The number of allylic oxidation sites excluding steroid dienone is 1. The van der Waals surface area contributed by atoms with E-state index in [4.69, 9.17) is 31.4 Å². The third-order valence-corrected chi connectivity index (χ3v) is 1.54. The Kier molecular flexibility index (Phi) is 5.86. The molecule has 0 amide bonds. The third kappa shape index (κ3) is 2.77. The molecule has 0 unspecified atom stereocenters. The number of hydrogen-bond donors (Lipinski definition) is 0. The second kappa shape index (κ2) is 5.82. The summed E-state index contributed by atoms with van der Waals surface area (Å²) in [5, 5.41) is 0. The zero-order valence-electron chi connectivity index (χ0n) is 6.09. The standard InChI is InChI=1S/C5H7B5/c6-1-5(2-7)10(3-8)4-9/h1H,2-4H2/b5-1+. The second-order valence-electron chi connectivity index (χ2n) is 2.11. The van der Waals surface area contributed by atoms with E-state index >= 15 is 0 Å². The van der Waals surface area contributed by atoms with Crippen LogP contribution in [0.4, 0.5) is 0 Å². The molecule has 0 aromatic heterocycles. The molecule has 0 aliphatic rings. The Morgan fingerprint density at radius 3 is 1.80 bits per heavy atom. The van der Waals surface area contributed by atoms with Crippen molar-refractivity contribution in [3.05, 3.63) is 11.4 Å². The second-order valence-corrected chi connectivity index (χ2v) is 2.11. The van der Waals surface area contributed by atoms with Crippen molar-refractivity contribution >= 4 is 38.1 Å². The first-order valence-corrected chi connectivity index (χ1v) is 3.31. The van der Waals surface area contributed by atoms with E-state index in [1.807, 2.05) is 0 Å². The molecular formula is C5H7B5. The molecule has 0 atom stereocenters. The summed E-state index contributed by atoms with van der Waals surface area (Å²) >= 11 is 0. The summed E-state index contributed by atoms with van der Waals surface area (Å²) in [6, 6.07) is 0. The predicted octanol–water partition coefficient (Wildman–Crippen LogP) is -0.0884. The quantitative estimate of drug-likeness (QED) is 0.456. The van der Waals surface area contributed by atoms with Crippen LogP contribution in [0.5, 0.6) is 0 Å². The van der Waals surface area contributed by atoms with Crippen LogP contribution in [0, 0.1) is 0 Å². The fourth-order valence-corrected chi connectivity index (χ4v) is 0.770. The molecule has 0 nitrogen and oxygen atoms in total. The van der Waals surface area contributed by atoms with Gasteiger partial charge in [0, 0.05) is 0 Å². The van der Waals surface area contributed by atoms with Crippen LogP contribution < -0.4 is 0 Å². The van der Waals surface area contributed by atoms with E-state index < -0.39 is 0 Å². The van der Waals surface area contributed by atoms with Crippen molar-refractivity contribution in [3.8, 4) is 0 Å². The van der Waals surface area contributed by atoms with Gasteiger partial charge in [0.05, 0.1) is 23.5 Å². The lowest BCUT2D eigenvalue weighted by Gasteiger charge is -2.11. The maximum absolute atomic E-state index is 5.40. The van der Waals surface area contributed by atoms with Crippen LogP contribution in [0.2, 0.25) is 18.8 Å². The van der Waals surface area contributed by atoms with Gasteiger partial charge in [-0.25, -0.2) is 0 Å². The van der Waals surface area contributed by atoms with Gasteiger partial charge in [-0.1, -0.05) is 6.32 Å². The fourth-order valence-electron chi connectivity index (χ4n) is 0.770. The summed E-state index contributed by atoms with van der Waals surface area (Å²) in [5.74, 6) is 1.49. The van der Waals surface area contributed by atoms with Gasteiger partial charge in [0.15, 0.2) is 6.71 Å². The lowest BCUT2D eigenvalue weighted by atomic mass is 9.32. The molecule has 10 heavy (non-hydrogen) atoms. The number of hydrogen-bond acceptors (Lipinski definition) is 0. The molecule has 0 saturated carbocycles. The van der Waals surface area contributed by atoms with E-state index in [0.717, 1.165) is 5.47 Å². The SMILES string of the molecule is [B]/C=C(\C[B])B(C[B])C[B]. The van der Waals surface area contributed by atoms with Crippen LogP contribution >= 0.6 is 0 Å². The summed E-state index contributed by atoms with van der Waals surface area (Å²) < 4.78 is 0. The summed E-state index contributed by atoms with van der Waals surface area (Å²) in [7, 11) is 21.5.